The molecule has 1 saturated heterocycles. The Balaban J connectivity index is 2.25. The van der Waals surface area contributed by atoms with Crippen LogP contribution >= 0.6 is 0 Å². The quantitative estimate of drug-likeness (QED) is 0.694. The smallest absolute Gasteiger partial charge is 0.317 e. The van der Waals surface area contributed by atoms with Crippen LogP contribution in [0.4, 0.5) is 4.79 Å². The first-order valence-corrected chi connectivity index (χ1v) is 8.31. The number of nitrogens with one attached hydrogen (secondary N) is 1. The minimum atomic E-state index is -0.942. The van der Waals surface area contributed by atoms with Crippen LogP contribution in [0, 0.1) is 0 Å². The summed E-state index contributed by atoms with van der Waals surface area (Å²) in [4.78, 5) is 26.1. The van der Waals surface area contributed by atoms with E-state index in [0.717, 1.165) is 0 Å². The number of piperazine rings is 1. The number of hydrogen-bond acceptors (Lipinski definition) is 4. The second kappa shape index (κ2) is 8.21. The van der Waals surface area contributed by atoms with Crippen molar-refractivity contribution in [2.45, 2.75) is 18.6 Å². The van der Waals surface area contributed by atoms with Crippen LogP contribution in [-0.2, 0) is 15.6 Å². The fourth-order valence-corrected chi connectivity index (χ4v) is 2.21. The lowest BCUT2D eigenvalue weighted by atomic mass is 10.3. The second-order valence-electron chi connectivity index (χ2n) is 4.97. The van der Waals surface area contributed by atoms with Gasteiger partial charge in [-0.25, -0.2) is 4.79 Å². The van der Waals surface area contributed by atoms with Crippen LogP contribution < -0.4 is 5.32 Å². The van der Waals surface area contributed by atoms with Gasteiger partial charge in [-0.3, -0.25) is 13.9 Å². The third kappa shape index (κ3) is 5.87. The number of amides is 2. The summed E-state index contributed by atoms with van der Waals surface area (Å²) >= 11 is 0. The fraction of sp³-hybridized carbons (Fsp3) is 0.833. The van der Waals surface area contributed by atoms with Gasteiger partial charge in [-0.05, 0) is 6.92 Å². The molecule has 1 heterocycles. The highest BCUT2D eigenvalue weighted by atomic mass is 32.2. The molecule has 0 saturated carbocycles. The van der Waals surface area contributed by atoms with Gasteiger partial charge in [0.15, 0.2) is 0 Å². The van der Waals surface area contributed by atoms with Crippen molar-refractivity contribution in [1.29, 1.82) is 0 Å². The number of carbonyl (C=O) groups excluding carboxylic acids is 1. The Kier molecular flexibility index (Phi) is 6.94. The van der Waals surface area contributed by atoms with Gasteiger partial charge in [0.05, 0.1) is 6.42 Å². The largest absolute Gasteiger partial charge is 0.481 e. The van der Waals surface area contributed by atoms with E-state index in [1.165, 1.54) is 0 Å². The second-order valence-corrected chi connectivity index (χ2v) is 6.77. The van der Waals surface area contributed by atoms with Crippen molar-refractivity contribution in [2.24, 2.45) is 0 Å². The molecule has 2 unspecified atom stereocenters. The van der Waals surface area contributed by atoms with E-state index >= 15 is 0 Å². The monoisotopic (exact) mass is 305 g/mol. The third-order valence-corrected chi connectivity index (χ3v) is 4.71. The summed E-state index contributed by atoms with van der Waals surface area (Å²) in [5, 5.41) is 11.3. The molecule has 7 nitrogen and oxygen atoms in total. The Labute approximate surface area is 121 Å². The summed E-state index contributed by atoms with van der Waals surface area (Å²) in [6.07, 6.45) is 1.75. The van der Waals surface area contributed by atoms with Crippen LogP contribution in [0.2, 0.25) is 0 Å². The third-order valence-electron chi connectivity index (χ3n) is 3.41. The average Bonchev–Trinajstić information content (AvgIpc) is 2.42. The molecule has 0 bridgehead atoms. The molecular formula is C12H23N3O4S. The first-order valence-electron chi connectivity index (χ1n) is 6.69. The number of carbonyl (C=O) groups is 2. The van der Waals surface area contributed by atoms with Crippen molar-refractivity contribution in [1.82, 2.24) is 15.1 Å². The lowest BCUT2D eigenvalue weighted by Crippen LogP contribution is -2.52. The van der Waals surface area contributed by atoms with E-state index in [4.69, 9.17) is 5.11 Å². The van der Waals surface area contributed by atoms with E-state index in [0.29, 0.717) is 39.3 Å². The Morgan fingerprint density at radius 1 is 1.30 bits per heavy atom. The summed E-state index contributed by atoms with van der Waals surface area (Å²) in [5.74, 6) is -0.799. The zero-order valence-corrected chi connectivity index (χ0v) is 12.8. The minimum Gasteiger partial charge on any atom is -0.481 e. The van der Waals surface area contributed by atoms with Crippen LogP contribution in [-0.4, -0.2) is 81.9 Å². The predicted molar refractivity (Wildman–Crippen MR) is 77.2 cm³/mol. The molecule has 0 aromatic rings. The van der Waals surface area contributed by atoms with Gasteiger partial charge in [-0.15, -0.1) is 0 Å². The Hall–Kier alpha value is -1.15. The van der Waals surface area contributed by atoms with Crippen molar-refractivity contribution in [3.8, 4) is 0 Å². The number of rotatable bonds is 6. The van der Waals surface area contributed by atoms with Gasteiger partial charge >= 0.3 is 12.0 Å². The van der Waals surface area contributed by atoms with E-state index < -0.39 is 16.8 Å². The maximum absolute atomic E-state index is 11.9. The predicted octanol–water partition coefficient (Wildman–Crippen LogP) is -0.445. The molecule has 2 N–H and O–H groups in total. The molecule has 0 spiro atoms. The zero-order valence-electron chi connectivity index (χ0n) is 12.0. The molecular weight excluding hydrogens is 282 g/mol. The highest BCUT2D eigenvalue weighted by Crippen LogP contribution is 2.03. The lowest BCUT2D eigenvalue weighted by Gasteiger charge is -2.34. The van der Waals surface area contributed by atoms with Gasteiger partial charge < -0.3 is 15.3 Å². The van der Waals surface area contributed by atoms with Crippen molar-refractivity contribution < 1.29 is 18.9 Å². The summed E-state index contributed by atoms with van der Waals surface area (Å²) < 4.78 is 11.2. The van der Waals surface area contributed by atoms with E-state index in [9.17, 15) is 13.8 Å². The van der Waals surface area contributed by atoms with Crippen LogP contribution in [0.5, 0.6) is 0 Å². The molecule has 1 rings (SSSR count). The summed E-state index contributed by atoms with van der Waals surface area (Å²) in [6, 6.07) is -0.139. The molecule has 8 heteroatoms. The standard InChI is InChI=1S/C12H23N3O4S/c1-10(20(2)19)9-13-12(18)15-7-5-14(6-8-15)4-3-11(16)17/h10H,3-9H2,1-2H3,(H,13,18)(H,16,17). The fourth-order valence-electron chi connectivity index (χ4n) is 1.89. The van der Waals surface area contributed by atoms with Gasteiger partial charge in [-0.1, -0.05) is 0 Å². The number of aliphatic carboxylic acids is 1. The Morgan fingerprint density at radius 2 is 1.90 bits per heavy atom. The molecule has 2 atom stereocenters. The number of hydrogen-bond donors (Lipinski definition) is 2. The van der Waals surface area contributed by atoms with Crippen LogP contribution in [0.3, 0.4) is 0 Å². The van der Waals surface area contributed by atoms with E-state index in [1.807, 2.05) is 11.8 Å². The van der Waals surface area contributed by atoms with Crippen LogP contribution in [0.15, 0.2) is 0 Å². The molecule has 20 heavy (non-hydrogen) atoms. The van der Waals surface area contributed by atoms with Crippen LogP contribution in [0.25, 0.3) is 0 Å². The van der Waals surface area contributed by atoms with Crippen LogP contribution in [0.1, 0.15) is 13.3 Å². The topological polar surface area (TPSA) is 90.0 Å². The van der Waals surface area contributed by atoms with E-state index in [2.05, 4.69) is 5.32 Å². The lowest BCUT2D eigenvalue weighted by molar-refractivity contribution is -0.137. The average molecular weight is 305 g/mol. The van der Waals surface area contributed by atoms with Crippen molar-refractivity contribution in [3.63, 3.8) is 0 Å². The highest BCUT2D eigenvalue weighted by Gasteiger charge is 2.21. The molecule has 0 aromatic carbocycles. The summed E-state index contributed by atoms with van der Waals surface area (Å²) in [5.41, 5.74) is 0. The highest BCUT2D eigenvalue weighted by molar-refractivity contribution is 7.84. The number of nitrogens with zero attached hydrogens (tertiary/aromatic N) is 2. The van der Waals surface area contributed by atoms with Crippen molar-refractivity contribution in [2.75, 3.05) is 45.5 Å². The Morgan fingerprint density at radius 3 is 2.40 bits per heavy atom. The molecule has 0 aromatic heterocycles. The minimum absolute atomic E-state index is 0.0594. The van der Waals surface area contributed by atoms with Crippen molar-refractivity contribution in [3.05, 3.63) is 0 Å². The molecule has 1 aliphatic rings. The molecule has 0 radical (unpaired) electrons. The SMILES string of the molecule is CC(CNC(=O)N1CCN(CCC(=O)O)CC1)S(C)=O. The maximum Gasteiger partial charge on any atom is 0.317 e. The van der Waals surface area contributed by atoms with Gasteiger partial charge in [0.25, 0.3) is 0 Å². The number of carboxylic acid groups (broad SMARTS) is 1. The van der Waals surface area contributed by atoms with E-state index in [1.54, 1.807) is 11.2 Å². The first kappa shape index (κ1) is 16.9. The normalized spacial score (nSPS) is 19.4. The van der Waals surface area contributed by atoms with Crippen molar-refractivity contribution >= 4 is 22.8 Å². The van der Waals surface area contributed by atoms with Gasteiger partial charge in [0.2, 0.25) is 0 Å². The number of carboxylic acids is 1. The molecule has 116 valence electrons. The molecule has 1 aliphatic heterocycles. The maximum atomic E-state index is 11.9. The van der Waals surface area contributed by atoms with Gasteiger partial charge in [0.1, 0.15) is 0 Å². The van der Waals surface area contributed by atoms with Gasteiger partial charge in [0, 0.05) is 61.6 Å². The summed E-state index contributed by atoms with van der Waals surface area (Å²) in [7, 11) is -0.942. The zero-order chi connectivity index (χ0) is 15.1. The number of urea groups is 1. The molecule has 2 amide bonds. The summed E-state index contributed by atoms with van der Waals surface area (Å²) in [6.45, 7) is 5.33. The Bertz CT molecular complexity index is 370. The van der Waals surface area contributed by atoms with Gasteiger partial charge in [-0.2, -0.15) is 0 Å². The molecule has 1 fully saturated rings. The van der Waals surface area contributed by atoms with E-state index in [-0.39, 0.29) is 17.7 Å². The molecule has 0 aliphatic carbocycles. The first-order chi connectivity index (χ1) is 9.40.